The van der Waals surface area contributed by atoms with E-state index in [0.29, 0.717) is 0 Å². The zero-order valence-electron chi connectivity index (χ0n) is 15.6. The van der Waals surface area contributed by atoms with Crippen LogP contribution in [0.3, 0.4) is 0 Å². The fourth-order valence-corrected chi connectivity index (χ4v) is 4.62. The molecule has 140 valence electrons. The van der Waals surface area contributed by atoms with Crippen molar-refractivity contribution < 1.29 is 0 Å². The molecule has 1 saturated heterocycles. The van der Waals surface area contributed by atoms with Crippen molar-refractivity contribution >= 4 is 23.2 Å². The van der Waals surface area contributed by atoms with Crippen molar-refractivity contribution in [3.05, 3.63) is 69.7 Å². The summed E-state index contributed by atoms with van der Waals surface area (Å²) in [6.45, 7) is 4.50. The molecule has 0 aliphatic carbocycles. The SMILES string of the molecule is CCCCCC1CCN(C(c2ccccc2Cl)c2ccccc2Cl)CC1. The molecule has 0 radical (unpaired) electrons. The Labute approximate surface area is 168 Å². The maximum absolute atomic E-state index is 6.58. The molecule has 1 aliphatic rings. The van der Waals surface area contributed by atoms with E-state index in [2.05, 4.69) is 36.1 Å². The molecule has 1 heterocycles. The summed E-state index contributed by atoms with van der Waals surface area (Å²) in [7, 11) is 0. The first-order valence-corrected chi connectivity index (χ1v) is 10.7. The molecule has 0 amide bonds. The molecule has 26 heavy (non-hydrogen) atoms. The molecule has 3 heteroatoms. The van der Waals surface area contributed by atoms with Crippen LogP contribution in [0.15, 0.2) is 48.5 Å². The van der Waals surface area contributed by atoms with Gasteiger partial charge in [0.1, 0.15) is 0 Å². The molecule has 2 aromatic carbocycles. The third-order valence-electron chi connectivity index (χ3n) is 5.63. The number of hydrogen-bond acceptors (Lipinski definition) is 1. The van der Waals surface area contributed by atoms with E-state index in [1.54, 1.807) is 0 Å². The largest absolute Gasteiger partial charge is 0.292 e. The zero-order chi connectivity index (χ0) is 18.4. The third-order valence-corrected chi connectivity index (χ3v) is 6.32. The van der Waals surface area contributed by atoms with Gasteiger partial charge in [0, 0.05) is 10.0 Å². The predicted octanol–water partition coefficient (Wildman–Crippen LogP) is 7.38. The second-order valence-corrected chi connectivity index (χ2v) is 8.24. The van der Waals surface area contributed by atoms with Crippen LogP contribution >= 0.6 is 23.2 Å². The molecule has 2 aromatic rings. The van der Waals surface area contributed by atoms with Gasteiger partial charge in [0.05, 0.1) is 6.04 Å². The lowest BCUT2D eigenvalue weighted by Crippen LogP contribution is -2.37. The minimum absolute atomic E-state index is 0.133. The summed E-state index contributed by atoms with van der Waals surface area (Å²) < 4.78 is 0. The average Bonchev–Trinajstić information content (AvgIpc) is 2.66. The summed E-state index contributed by atoms with van der Waals surface area (Å²) in [5, 5.41) is 1.64. The van der Waals surface area contributed by atoms with E-state index >= 15 is 0 Å². The molecule has 1 nitrogen and oxygen atoms in total. The Kier molecular flexibility index (Phi) is 7.42. The molecular weight excluding hydrogens is 361 g/mol. The summed E-state index contributed by atoms with van der Waals surface area (Å²) >= 11 is 13.2. The first kappa shape index (κ1) is 19.7. The standard InChI is InChI=1S/C23H29Cl2N/c1-2-3-4-9-18-14-16-26(17-15-18)23(19-10-5-7-12-21(19)24)20-11-6-8-13-22(20)25/h5-8,10-13,18,23H,2-4,9,14-17H2,1H3. The molecule has 1 fully saturated rings. The van der Waals surface area contributed by atoms with Gasteiger partial charge in [-0.15, -0.1) is 0 Å². The monoisotopic (exact) mass is 389 g/mol. The first-order valence-electron chi connectivity index (χ1n) is 9.93. The fraction of sp³-hybridized carbons (Fsp3) is 0.478. The van der Waals surface area contributed by atoms with E-state index in [4.69, 9.17) is 23.2 Å². The quantitative estimate of drug-likeness (QED) is 0.446. The van der Waals surface area contributed by atoms with E-state index < -0.39 is 0 Å². The molecule has 0 aromatic heterocycles. The second-order valence-electron chi connectivity index (χ2n) is 7.42. The van der Waals surface area contributed by atoms with Crippen molar-refractivity contribution in [1.82, 2.24) is 4.90 Å². The van der Waals surface area contributed by atoms with Crippen molar-refractivity contribution in [2.45, 2.75) is 51.5 Å². The van der Waals surface area contributed by atoms with Gasteiger partial charge in [-0.25, -0.2) is 0 Å². The summed E-state index contributed by atoms with van der Waals surface area (Å²) in [4.78, 5) is 2.57. The van der Waals surface area contributed by atoms with Crippen LogP contribution in [-0.2, 0) is 0 Å². The minimum Gasteiger partial charge on any atom is -0.292 e. The summed E-state index contributed by atoms with van der Waals surface area (Å²) in [6.07, 6.45) is 7.97. The highest BCUT2D eigenvalue weighted by molar-refractivity contribution is 6.32. The van der Waals surface area contributed by atoms with Crippen molar-refractivity contribution in [2.75, 3.05) is 13.1 Å². The Morgan fingerprint density at radius 1 is 0.885 bits per heavy atom. The number of piperidine rings is 1. The highest BCUT2D eigenvalue weighted by Gasteiger charge is 2.29. The smallest absolute Gasteiger partial charge is 0.0631 e. The third kappa shape index (κ3) is 4.82. The van der Waals surface area contributed by atoms with Gasteiger partial charge >= 0.3 is 0 Å². The Bertz CT molecular complexity index is 647. The first-order chi connectivity index (χ1) is 12.7. The van der Waals surface area contributed by atoms with E-state index in [-0.39, 0.29) is 6.04 Å². The average molecular weight is 390 g/mol. The number of rotatable bonds is 7. The summed E-state index contributed by atoms with van der Waals surface area (Å²) in [6, 6.07) is 16.5. The van der Waals surface area contributed by atoms with Crippen LogP contribution in [0.2, 0.25) is 10.0 Å². The van der Waals surface area contributed by atoms with Gasteiger partial charge in [-0.1, -0.05) is 92.2 Å². The van der Waals surface area contributed by atoms with Crippen LogP contribution in [0.25, 0.3) is 0 Å². The minimum atomic E-state index is 0.133. The molecule has 3 rings (SSSR count). The molecule has 0 atom stereocenters. The number of likely N-dealkylation sites (tertiary alicyclic amines) is 1. The van der Waals surface area contributed by atoms with Gasteiger partial charge < -0.3 is 0 Å². The van der Waals surface area contributed by atoms with Crippen molar-refractivity contribution in [3.8, 4) is 0 Å². The van der Waals surface area contributed by atoms with E-state index in [1.807, 2.05) is 24.3 Å². The lowest BCUT2D eigenvalue weighted by molar-refractivity contribution is 0.146. The number of benzene rings is 2. The van der Waals surface area contributed by atoms with Crippen LogP contribution in [0, 0.1) is 5.92 Å². The van der Waals surface area contributed by atoms with E-state index in [1.165, 1.54) is 38.5 Å². The lowest BCUT2D eigenvalue weighted by atomic mass is 9.88. The van der Waals surface area contributed by atoms with Crippen LogP contribution in [0.1, 0.15) is 62.6 Å². The predicted molar refractivity (Wildman–Crippen MR) is 113 cm³/mol. The van der Waals surface area contributed by atoms with Crippen molar-refractivity contribution in [2.24, 2.45) is 5.92 Å². The Balaban J connectivity index is 1.80. The Morgan fingerprint density at radius 3 is 1.92 bits per heavy atom. The maximum atomic E-state index is 6.58. The second kappa shape index (κ2) is 9.78. The fourth-order valence-electron chi connectivity index (χ4n) is 4.14. The van der Waals surface area contributed by atoms with Crippen molar-refractivity contribution in [3.63, 3.8) is 0 Å². The van der Waals surface area contributed by atoms with Crippen LogP contribution in [-0.4, -0.2) is 18.0 Å². The highest BCUT2D eigenvalue weighted by Crippen LogP contribution is 2.39. The molecule has 0 spiro atoms. The van der Waals surface area contributed by atoms with Crippen LogP contribution in [0.4, 0.5) is 0 Å². The normalized spacial score (nSPS) is 16.3. The Hall–Kier alpha value is -1.02. The van der Waals surface area contributed by atoms with Gasteiger partial charge in [-0.3, -0.25) is 4.90 Å². The lowest BCUT2D eigenvalue weighted by Gasteiger charge is -2.38. The van der Waals surface area contributed by atoms with E-state index in [0.717, 1.165) is 40.2 Å². The molecular formula is C23H29Cl2N. The maximum Gasteiger partial charge on any atom is 0.0631 e. The Morgan fingerprint density at radius 2 is 1.42 bits per heavy atom. The van der Waals surface area contributed by atoms with Crippen LogP contribution in [0.5, 0.6) is 0 Å². The zero-order valence-corrected chi connectivity index (χ0v) is 17.1. The topological polar surface area (TPSA) is 3.24 Å². The highest BCUT2D eigenvalue weighted by atomic mass is 35.5. The number of halogens is 2. The van der Waals surface area contributed by atoms with Gasteiger partial charge in [0.25, 0.3) is 0 Å². The van der Waals surface area contributed by atoms with Gasteiger partial charge in [-0.05, 0) is 55.1 Å². The number of hydrogen-bond donors (Lipinski definition) is 0. The van der Waals surface area contributed by atoms with Crippen molar-refractivity contribution in [1.29, 1.82) is 0 Å². The molecule has 1 aliphatic heterocycles. The number of unbranched alkanes of at least 4 members (excludes halogenated alkanes) is 2. The summed E-state index contributed by atoms with van der Waals surface area (Å²) in [5.74, 6) is 0.871. The molecule has 0 saturated carbocycles. The van der Waals surface area contributed by atoms with Gasteiger partial charge in [-0.2, -0.15) is 0 Å². The molecule has 0 unspecified atom stereocenters. The molecule has 0 bridgehead atoms. The van der Waals surface area contributed by atoms with Gasteiger partial charge in [0.15, 0.2) is 0 Å². The van der Waals surface area contributed by atoms with Crippen LogP contribution < -0.4 is 0 Å². The summed E-state index contributed by atoms with van der Waals surface area (Å²) in [5.41, 5.74) is 2.32. The van der Waals surface area contributed by atoms with Gasteiger partial charge in [0.2, 0.25) is 0 Å². The van der Waals surface area contributed by atoms with E-state index in [9.17, 15) is 0 Å². The molecule has 0 N–H and O–H groups in total. The number of nitrogens with zero attached hydrogens (tertiary/aromatic N) is 1.